The Labute approximate surface area is 165 Å². The average molecular weight is 381 g/mol. The minimum atomic E-state index is -0.495. The number of nitrogens with zero attached hydrogens (tertiary/aromatic N) is 4. The van der Waals surface area contributed by atoms with Gasteiger partial charge < -0.3 is 19.5 Å². The number of esters is 1. The van der Waals surface area contributed by atoms with Crippen LogP contribution in [-0.2, 0) is 29.5 Å². The zero-order valence-corrected chi connectivity index (χ0v) is 16.9. The van der Waals surface area contributed by atoms with E-state index >= 15 is 0 Å². The summed E-state index contributed by atoms with van der Waals surface area (Å²) in [6.45, 7) is 7.21. The monoisotopic (exact) mass is 381 g/mol. The smallest absolute Gasteiger partial charge is 0.320 e. The molecule has 28 heavy (non-hydrogen) atoms. The van der Waals surface area contributed by atoms with E-state index in [1.54, 1.807) is 6.33 Å². The third-order valence-corrected chi connectivity index (χ3v) is 4.68. The fourth-order valence-corrected chi connectivity index (χ4v) is 3.45. The highest BCUT2D eigenvalue weighted by atomic mass is 16.6. The molecule has 0 radical (unpaired) electrons. The van der Waals surface area contributed by atoms with E-state index in [0.717, 1.165) is 29.9 Å². The lowest BCUT2D eigenvalue weighted by Crippen LogP contribution is -2.48. The molecule has 1 atom stereocenters. The van der Waals surface area contributed by atoms with Crippen molar-refractivity contribution < 1.29 is 9.53 Å². The molecule has 2 aromatic rings. The minimum Gasteiger partial charge on any atom is -0.459 e. The molecular weight excluding hydrogens is 354 g/mol. The number of aromatic nitrogens is 2. The van der Waals surface area contributed by atoms with E-state index in [0.29, 0.717) is 12.1 Å². The molecule has 0 saturated carbocycles. The molecule has 7 nitrogen and oxygen atoms in total. The number of nitriles is 1. The number of nitrogens with one attached hydrogen (secondary N) is 1. The second kappa shape index (κ2) is 8.03. The quantitative estimate of drug-likeness (QED) is 0.799. The number of anilines is 1. The van der Waals surface area contributed by atoms with Crippen molar-refractivity contribution >= 4 is 11.7 Å². The van der Waals surface area contributed by atoms with Crippen molar-refractivity contribution in [3.05, 3.63) is 47.5 Å². The predicted octanol–water partition coefficient (Wildman–Crippen LogP) is 2.15. The fraction of sp³-hybridized carbons (Fsp3) is 0.476. The molecule has 1 aliphatic rings. The Balaban J connectivity index is 1.76. The lowest BCUT2D eigenvalue weighted by molar-refractivity contribution is -0.153. The minimum absolute atomic E-state index is 0.0854. The molecule has 0 saturated heterocycles. The van der Waals surface area contributed by atoms with Crippen LogP contribution in [0.15, 0.2) is 30.7 Å². The molecular formula is C21H27N5O2. The molecule has 148 valence electrons. The van der Waals surface area contributed by atoms with E-state index in [-0.39, 0.29) is 18.6 Å². The van der Waals surface area contributed by atoms with Crippen molar-refractivity contribution in [1.82, 2.24) is 14.9 Å². The topological polar surface area (TPSA) is 83.2 Å². The first-order chi connectivity index (χ1) is 13.2. The van der Waals surface area contributed by atoms with Gasteiger partial charge >= 0.3 is 5.97 Å². The third kappa shape index (κ3) is 4.90. The number of carbonyl (C=O) groups excluding carboxylic acids is 1. The molecule has 0 aliphatic carbocycles. The van der Waals surface area contributed by atoms with Crippen molar-refractivity contribution in [2.24, 2.45) is 7.05 Å². The molecule has 1 aromatic carbocycles. The fourth-order valence-electron chi connectivity index (χ4n) is 3.45. The Morgan fingerprint density at radius 1 is 1.43 bits per heavy atom. The summed E-state index contributed by atoms with van der Waals surface area (Å²) in [6.07, 6.45) is 4.41. The maximum absolute atomic E-state index is 12.1. The van der Waals surface area contributed by atoms with Gasteiger partial charge in [0.15, 0.2) is 0 Å². The second-order valence-electron chi connectivity index (χ2n) is 8.20. The number of hydrogen-bond acceptors (Lipinski definition) is 6. The van der Waals surface area contributed by atoms with Gasteiger partial charge in [-0.1, -0.05) is 0 Å². The largest absolute Gasteiger partial charge is 0.459 e. The van der Waals surface area contributed by atoms with Gasteiger partial charge in [-0.15, -0.1) is 0 Å². The first-order valence-corrected chi connectivity index (χ1v) is 9.43. The van der Waals surface area contributed by atoms with E-state index in [2.05, 4.69) is 21.3 Å². The van der Waals surface area contributed by atoms with Crippen LogP contribution in [0.1, 0.15) is 37.6 Å². The second-order valence-corrected chi connectivity index (χ2v) is 8.20. The van der Waals surface area contributed by atoms with Gasteiger partial charge in [0.2, 0.25) is 0 Å². The summed E-state index contributed by atoms with van der Waals surface area (Å²) in [7, 11) is 1.98. The van der Waals surface area contributed by atoms with Crippen LogP contribution in [0.4, 0.5) is 5.69 Å². The molecule has 1 aliphatic heterocycles. The summed E-state index contributed by atoms with van der Waals surface area (Å²) in [5, 5.41) is 12.6. The number of carbonyl (C=O) groups is 1. The van der Waals surface area contributed by atoms with Crippen LogP contribution in [0.2, 0.25) is 0 Å². The molecule has 1 aromatic heterocycles. The Kier molecular flexibility index (Phi) is 5.71. The number of hydrogen-bond donors (Lipinski definition) is 1. The lowest BCUT2D eigenvalue weighted by atomic mass is 9.96. The predicted molar refractivity (Wildman–Crippen MR) is 107 cm³/mol. The molecule has 7 heteroatoms. The Hall–Kier alpha value is -2.85. The first-order valence-electron chi connectivity index (χ1n) is 9.43. The summed E-state index contributed by atoms with van der Waals surface area (Å²) in [4.78, 5) is 18.5. The normalized spacial score (nSPS) is 16.4. The van der Waals surface area contributed by atoms with Gasteiger partial charge in [-0.05, 0) is 51.0 Å². The van der Waals surface area contributed by atoms with E-state index in [1.807, 2.05) is 56.8 Å². The van der Waals surface area contributed by atoms with Crippen molar-refractivity contribution in [3.8, 4) is 6.07 Å². The molecule has 1 N–H and O–H groups in total. The SMILES string of the molecule is Cn1cncc1CN1CC(NCC(=O)OC(C)(C)C)Cc2cc(C#N)ccc21. The number of aryl methyl sites for hydroxylation is 1. The zero-order chi connectivity index (χ0) is 20.3. The molecule has 0 spiro atoms. The third-order valence-electron chi connectivity index (χ3n) is 4.68. The number of benzene rings is 1. The van der Waals surface area contributed by atoms with Crippen LogP contribution < -0.4 is 10.2 Å². The Morgan fingerprint density at radius 3 is 2.86 bits per heavy atom. The number of rotatable bonds is 5. The molecule has 0 bridgehead atoms. The van der Waals surface area contributed by atoms with Gasteiger partial charge in [0.1, 0.15) is 5.60 Å². The Morgan fingerprint density at radius 2 is 2.21 bits per heavy atom. The van der Waals surface area contributed by atoms with Crippen molar-refractivity contribution in [2.45, 2.75) is 45.4 Å². The summed E-state index contributed by atoms with van der Waals surface area (Å²) < 4.78 is 7.39. The van der Waals surface area contributed by atoms with Crippen LogP contribution in [0.25, 0.3) is 0 Å². The highest BCUT2D eigenvalue weighted by molar-refractivity contribution is 5.72. The average Bonchev–Trinajstić information content (AvgIpc) is 3.02. The Bertz CT molecular complexity index is 891. The summed E-state index contributed by atoms with van der Waals surface area (Å²) >= 11 is 0. The molecule has 0 fully saturated rings. The molecule has 1 unspecified atom stereocenters. The number of ether oxygens (including phenoxy) is 1. The van der Waals surface area contributed by atoms with E-state index in [1.165, 1.54) is 0 Å². The van der Waals surface area contributed by atoms with Crippen LogP contribution in [0, 0.1) is 11.3 Å². The highest BCUT2D eigenvalue weighted by Gasteiger charge is 2.26. The standard InChI is InChI=1S/C21H27N5O2/c1-21(2,3)28-20(27)11-24-17-8-16-7-15(9-22)5-6-19(16)26(12-17)13-18-10-23-14-25(18)4/h5-7,10,14,17,24H,8,11-13H2,1-4H3. The summed E-state index contributed by atoms with van der Waals surface area (Å²) in [6, 6.07) is 8.09. The summed E-state index contributed by atoms with van der Waals surface area (Å²) in [5.41, 5.74) is 3.48. The van der Waals surface area contributed by atoms with E-state index < -0.39 is 5.60 Å². The van der Waals surface area contributed by atoms with Crippen molar-refractivity contribution in [3.63, 3.8) is 0 Å². The van der Waals surface area contributed by atoms with Crippen LogP contribution in [0.3, 0.4) is 0 Å². The van der Waals surface area contributed by atoms with Gasteiger partial charge in [-0.25, -0.2) is 4.98 Å². The molecule has 0 amide bonds. The van der Waals surface area contributed by atoms with Gasteiger partial charge in [-0.2, -0.15) is 5.26 Å². The van der Waals surface area contributed by atoms with E-state index in [9.17, 15) is 10.1 Å². The van der Waals surface area contributed by atoms with Crippen LogP contribution >= 0.6 is 0 Å². The van der Waals surface area contributed by atoms with Crippen molar-refractivity contribution in [1.29, 1.82) is 5.26 Å². The maximum Gasteiger partial charge on any atom is 0.320 e. The molecule has 2 heterocycles. The van der Waals surface area contributed by atoms with Gasteiger partial charge in [0, 0.05) is 31.5 Å². The van der Waals surface area contributed by atoms with E-state index in [4.69, 9.17) is 4.74 Å². The highest BCUT2D eigenvalue weighted by Crippen LogP contribution is 2.29. The first kappa shape index (κ1) is 19.9. The maximum atomic E-state index is 12.1. The van der Waals surface area contributed by atoms with Crippen LogP contribution in [0.5, 0.6) is 0 Å². The lowest BCUT2D eigenvalue weighted by Gasteiger charge is -2.36. The van der Waals surface area contributed by atoms with Gasteiger partial charge in [0.25, 0.3) is 0 Å². The number of fused-ring (bicyclic) bond motifs is 1. The molecule has 3 rings (SSSR count). The van der Waals surface area contributed by atoms with Gasteiger partial charge in [0.05, 0.1) is 36.7 Å². The number of imidazole rings is 1. The van der Waals surface area contributed by atoms with Gasteiger partial charge in [-0.3, -0.25) is 4.79 Å². The zero-order valence-electron chi connectivity index (χ0n) is 16.9. The van der Waals surface area contributed by atoms with Crippen LogP contribution in [-0.4, -0.2) is 40.3 Å². The van der Waals surface area contributed by atoms with Crippen molar-refractivity contribution in [2.75, 3.05) is 18.0 Å². The summed E-state index contributed by atoms with van der Waals surface area (Å²) in [5.74, 6) is -0.262.